The zero-order valence-corrected chi connectivity index (χ0v) is 13.2. The van der Waals surface area contributed by atoms with Gasteiger partial charge in [-0.25, -0.2) is 0 Å². The van der Waals surface area contributed by atoms with Crippen molar-refractivity contribution in [3.63, 3.8) is 0 Å². The van der Waals surface area contributed by atoms with Crippen molar-refractivity contribution in [1.29, 1.82) is 0 Å². The number of likely N-dealkylation sites (tertiary alicyclic amines) is 1. The molecule has 0 aliphatic carbocycles. The number of carboxylic acid groups (broad SMARTS) is 1. The standard InChI is InChI=1S/C15H24N2O5/c1-10(2)16-8-11(7-13(16)18)15(21)17(9-14(19)20)12-3-5-22-6-4-12/h10-12H,3-9H2,1-2H3,(H,19,20)/t11-/m1/s1. The molecule has 2 saturated heterocycles. The number of carbonyl (C=O) groups excluding carboxylic acids is 2. The molecule has 22 heavy (non-hydrogen) atoms. The van der Waals surface area contributed by atoms with Gasteiger partial charge in [-0.15, -0.1) is 0 Å². The molecular weight excluding hydrogens is 288 g/mol. The molecule has 0 bridgehead atoms. The zero-order valence-electron chi connectivity index (χ0n) is 13.2. The molecule has 2 heterocycles. The number of rotatable bonds is 5. The number of aliphatic carboxylic acids is 1. The van der Waals surface area contributed by atoms with Gasteiger partial charge < -0.3 is 19.6 Å². The molecule has 7 nitrogen and oxygen atoms in total. The first-order chi connectivity index (χ1) is 10.4. The van der Waals surface area contributed by atoms with Crippen molar-refractivity contribution in [2.45, 2.75) is 45.2 Å². The van der Waals surface area contributed by atoms with E-state index in [9.17, 15) is 14.4 Å². The van der Waals surface area contributed by atoms with Crippen LogP contribution in [0.1, 0.15) is 33.1 Å². The Morgan fingerprint density at radius 2 is 2.00 bits per heavy atom. The van der Waals surface area contributed by atoms with Crippen LogP contribution in [0.15, 0.2) is 0 Å². The van der Waals surface area contributed by atoms with E-state index in [1.54, 1.807) is 4.90 Å². The first kappa shape index (κ1) is 16.7. The van der Waals surface area contributed by atoms with E-state index in [1.807, 2.05) is 13.8 Å². The second kappa shape index (κ2) is 7.09. The van der Waals surface area contributed by atoms with Crippen molar-refractivity contribution in [2.75, 3.05) is 26.3 Å². The summed E-state index contributed by atoms with van der Waals surface area (Å²) in [6, 6.07) is -0.0538. The lowest BCUT2D eigenvalue weighted by Crippen LogP contribution is -2.49. The molecule has 0 saturated carbocycles. The van der Waals surface area contributed by atoms with Crippen molar-refractivity contribution >= 4 is 17.8 Å². The fourth-order valence-electron chi connectivity index (χ4n) is 3.16. The number of carboxylic acids is 1. The molecular formula is C15H24N2O5. The molecule has 2 fully saturated rings. The minimum Gasteiger partial charge on any atom is -0.480 e. The average molecular weight is 312 g/mol. The molecule has 1 atom stereocenters. The van der Waals surface area contributed by atoms with Crippen molar-refractivity contribution < 1.29 is 24.2 Å². The largest absolute Gasteiger partial charge is 0.480 e. The van der Waals surface area contributed by atoms with Crippen molar-refractivity contribution in [2.24, 2.45) is 5.92 Å². The summed E-state index contributed by atoms with van der Waals surface area (Å²) < 4.78 is 5.28. The molecule has 2 aliphatic heterocycles. The maximum atomic E-state index is 12.7. The summed E-state index contributed by atoms with van der Waals surface area (Å²) in [6.07, 6.45) is 1.47. The van der Waals surface area contributed by atoms with Crippen LogP contribution in [-0.4, -0.2) is 71.1 Å². The van der Waals surface area contributed by atoms with Gasteiger partial charge in [-0.2, -0.15) is 0 Å². The fraction of sp³-hybridized carbons (Fsp3) is 0.800. The Morgan fingerprint density at radius 1 is 1.36 bits per heavy atom. The van der Waals surface area contributed by atoms with Crippen molar-refractivity contribution in [1.82, 2.24) is 9.80 Å². The molecule has 0 aromatic heterocycles. The number of amides is 2. The molecule has 2 aliphatic rings. The van der Waals surface area contributed by atoms with Crippen LogP contribution in [-0.2, 0) is 19.1 Å². The van der Waals surface area contributed by atoms with E-state index in [0.717, 1.165) is 0 Å². The predicted molar refractivity (Wildman–Crippen MR) is 78.1 cm³/mol. The molecule has 124 valence electrons. The second-order valence-electron chi connectivity index (χ2n) is 6.24. The second-order valence-corrected chi connectivity index (χ2v) is 6.24. The molecule has 0 radical (unpaired) electrons. The lowest BCUT2D eigenvalue weighted by Gasteiger charge is -2.34. The minimum absolute atomic E-state index is 0.0318. The van der Waals surface area contributed by atoms with E-state index < -0.39 is 11.9 Å². The molecule has 1 N–H and O–H groups in total. The maximum absolute atomic E-state index is 12.7. The SMILES string of the molecule is CC(C)N1C[C@H](C(=O)N(CC(=O)O)C2CCOCC2)CC1=O. The van der Waals surface area contributed by atoms with Gasteiger partial charge in [0.15, 0.2) is 0 Å². The number of hydrogen-bond donors (Lipinski definition) is 1. The number of nitrogens with zero attached hydrogens (tertiary/aromatic N) is 2. The third kappa shape index (κ3) is 3.76. The van der Waals surface area contributed by atoms with Gasteiger partial charge in [0.1, 0.15) is 6.54 Å². The van der Waals surface area contributed by atoms with Crippen LogP contribution >= 0.6 is 0 Å². The molecule has 2 rings (SSSR count). The minimum atomic E-state index is -1.02. The molecule has 0 aromatic rings. The topological polar surface area (TPSA) is 87.2 Å². The van der Waals surface area contributed by atoms with E-state index in [1.165, 1.54) is 4.90 Å². The number of hydrogen-bond acceptors (Lipinski definition) is 4. The van der Waals surface area contributed by atoms with E-state index >= 15 is 0 Å². The van der Waals surface area contributed by atoms with Crippen LogP contribution in [0.2, 0.25) is 0 Å². The van der Waals surface area contributed by atoms with Gasteiger partial charge >= 0.3 is 5.97 Å². The molecule has 0 aromatic carbocycles. The summed E-state index contributed by atoms with van der Waals surface area (Å²) in [4.78, 5) is 38.9. The average Bonchev–Trinajstić information content (AvgIpc) is 2.87. The normalized spacial score (nSPS) is 23.1. The highest BCUT2D eigenvalue weighted by Gasteiger charge is 2.39. The lowest BCUT2D eigenvalue weighted by molar-refractivity contribution is -0.149. The third-order valence-electron chi connectivity index (χ3n) is 4.35. The van der Waals surface area contributed by atoms with Crippen LogP contribution in [0.25, 0.3) is 0 Å². The highest BCUT2D eigenvalue weighted by atomic mass is 16.5. The summed E-state index contributed by atoms with van der Waals surface area (Å²) in [5.74, 6) is -1.71. The quantitative estimate of drug-likeness (QED) is 0.791. The molecule has 2 amide bonds. The predicted octanol–water partition coefficient (Wildman–Crippen LogP) is 0.336. The van der Waals surface area contributed by atoms with Crippen molar-refractivity contribution in [3.05, 3.63) is 0 Å². The molecule has 0 spiro atoms. The van der Waals surface area contributed by atoms with Gasteiger partial charge in [-0.05, 0) is 26.7 Å². The third-order valence-corrected chi connectivity index (χ3v) is 4.35. The van der Waals surface area contributed by atoms with Gasteiger partial charge in [-0.1, -0.05) is 0 Å². The van der Waals surface area contributed by atoms with Crippen LogP contribution in [0.4, 0.5) is 0 Å². The van der Waals surface area contributed by atoms with Crippen molar-refractivity contribution in [3.8, 4) is 0 Å². The van der Waals surface area contributed by atoms with Gasteiger partial charge in [0.25, 0.3) is 0 Å². The van der Waals surface area contributed by atoms with Gasteiger partial charge in [0.2, 0.25) is 11.8 Å². The Kier molecular flexibility index (Phi) is 5.39. The summed E-state index contributed by atoms with van der Waals surface area (Å²) in [5, 5.41) is 9.10. The van der Waals surface area contributed by atoms with E-state index in [2.05, 4.69) is 0 Å². The number of ether oxygens (including phenoxy) is 1. The Morgan fingerprint density at radius 3 is 2.50 bits per heavy atom. The summed E-state index contributed by atoms with van der Waals surface area (Å²) in [6.45, 7) is 4.98. The monoisotopic (exact) mass is 312 g/mol. The van der Waals surface area contributed by atoms with Crippen LogP contribution in [0, 0.1) is 5.92 Å². The van der Waals surface area contributed by atoms with E-state index in [-0.39, 0.29) is 36.9 Å². The smallest absolute Gasteiger partial charge is 0.323 e. The van der Waals surface area contributed by atoms with Crippen LogP contribution in [0.5, 0.6) is 0 Å². The highest BCUT2D eigenvalue weighted by Crippen LogP contribution is 2.25. The lowest BCUT2D eigenvalue weighted by atomic mass is 10.0. The first-order valence-corrected chi connectivity index (χ1v) is 7.79. The highest BCUT2D eigenvalue weighted by molar-refractivity contribution is 5.91. The summed E-state index contributed by atoms with van der Waals surface area (Å²) >= 11 is 0. The summed E-state index contributed by atoms with van der Waals surface area (Å²) in [5.41, 5.74) is 0. The van der Waals surface area contributed by atoms with Gasteiger partial charge in [-0.3, -0.25) is 14.4 Å². The Hall–Kier alpha value is -1.63. The van der Waals surface area contributed by atoms with E-state index in [0.29, 0.717) is 32.6 Å². The molecule has 7 heteroatoms. The summed E-state index contributed by atoms with van der Waals surface area (Å²) in [7, 11) is 0. The molecule has 0 unspecified atom stereocenters. The zero-order chi connectivity index (χ0) is 16.3. The van der Waals surface area contributed by atoms with Crippen LogP contribution < -0.4 is 0 Å². The Labute approximate surface area is 130 Å². The van der Waals surface area contributed by atoms with Gasteiger partial charge in [0, 0.05) is 38.3 Å². The maximum Gasteiger partial charge on any atom is 0.323 e. The van der Waals surface area contributed by atoms with Crippen LogP contribution in [0.3, 0.4) is 0 Å². The number of carbonyl (C=O) groups is 3. The van der Waals surface area contributed by atoms with Gasteiger partial charge in [0.05, 0.1) is 5.92 Å². The first-order valence-electron chi connectivity index (χ1n) is 7.79. The Balaban J connectivity index is 2.08. The Bertz CT molecular complexity index is 445. The fourth-order valence-corrected chi connectivity index (χ4v) is 3.16. The van der Waals surface area contributed by atoms with E-state index in [4.69, 9.17) is 9.84 Å².